The first-order valence-electron chi connectivity index (χ1n) is 11.7. The van der Waals surface area contributed by atoms with Gasteiger partial charge in [-0.2, -0.15) is 0 Å². The molecule has 0 saturated carbocycles. The number of aromatic nitrogens is 2. The Kier molecular flexibility index (Phi) is 9.08. The van der Waals surface area contributed by atoms with E-state index in [1.165, 1.54) is 12.1 Å². The Labute approximate surface area is 230 Å². The van der Waals surface area contributed by atoms with E-state index in [0.717, 1.165) is 16.8 Å². The number of amides is 1. The zero-order valence-electron chi connectivity index (χ0n) is 20.2. The van der Waals surface area contributed by atoms with E-state index in [1.807, 2.05) is 59.5 Å². The Morgan fingerprint density at radius 2 is 1.55 bits per heavy atom. The lowest BCUT2D eigenvalue weighted by molar-refractivity contribution is -0.139. The number of nitrogens with one attached hydrogen (secondary N) is 1. The minimum atomic E-state index is -1.17. The normalized spacial score (nSPS) is 11.7. The van der Waals surface area contributed by atoms with Crippen molar-refractivity contribution >= 4 is 52.8 Å². The molecule has 0 aliphatic heterocycles. The predicted octanol–water partition coefficient (Wildman–Crippen LogP) is 6.41. The van der Waals surface area contributed by atoms with Gasteiger partial charge < -0.3 is 15.3 Å². The number of hydrogen-bond acceptors (Lipinski definition) is 5. The van der Waals surface area contributed by atoms with Crippen molar-refractivity contribution in [2.24, 2.45) is 0 Å². The maximum atomic E-state index is 12.6. The van der Waals surface area contributed by atoms with Gasteiger partial charge in [0.25, 0.3) is 5.91 Å². The Bertz CT molecular complexity index is 1390. The minimum absolute atomic E-state index is 0.0455. The van der Waals surface area contributed by atoms with Crippen molar-refractivity contribution in [1.82, 2.24) is 15.3 Å². The number of carbonyl (C=O) groups excluding carboxylic acids is 1. The molecule has 0 aliphatic carbocycles. The van der Waals surface area contributed by atoms with Gasteiger partial charge in [0.1, 0.15) is 6.04 Å². The summed E-state index contributed by atoms with van der Waals surface area (Å²) >= 11 is 12.1. The van der Waals surface area contributed by atoms with Crippen LogP contribution in [0.1, 0.15) is 27.9 Å². The summed E-state index contributed by atoms with van der Waals surface area (Å²) in [7, 11) is 0. The highest BCUT2D eigenvalue weighted by Crippen LogP contribution is 2.26. The predicted molar refractivity (Wildman–Crippen MR) is 150 cm³/mol. The SMILES string of the molecule is O=C(NC(C/C=C/c1ccc(N(Cc2ccccc2)c2ncccn2)cc1)C(=O)O)c1c(Cl)cccc1Cl. The second kappa shape index (κ2) is 12.9. The number of rotatable bonds is 10. The van der Waals surface area contributed by atoms with Gasteiger partial charge in [0.2, 0.25) is 5.95 Å². The van der Waals surface area contributed by atoms with Gasteiger partial charge in [0.05, 0.1) is 22.2 Å². The fourth-order valence-corrected chi connectivity index (χ4v) is 4.32. The molecule has 0 aliphatic rings. The summed E-state index contributed by atoms with van der Waals surface area (Å²) in [5.74, 6) is -1.23. The van der Waals surface area contributed by atoms with E-state index in [1.54, 1.807) is 36.7 Å². The number of halogens is 2. The van der Waals surface area contributed by atoms with Crippen LogP contribution in [0.25, 0.3) is 6.08 Å². The summed E-state index contributed by atoms with van der Waals surface area (Å²) in [5.41, 5.74) is 2.93. The van der Waals surface area contributed by atoms with Crippen LogP contribution < -0.4 is 10.2 Å². The molecule has 4 aromatic rings. The molecule has 0 fully saturated rings. The smallest absolute Gasteiger partial charge is 0.326 e. The van der Waals surface area contributed by atoms with Crippen LogP contribution in [0.5, 0.6) is 0 Å². The van der Waals surface area contributed by atoms with Crippen LogP contribution in [0.2, 0.25) is 10.0 Å². The third kappa shape index (κ3) is 6.97. The Morgan fingerprint density at radius 1 is 0.895 bits per heavy atom. The van der Waals surface area contributed by atoms with Gasteiger partial charge in [-0.15, -0.1) is 0 Å². The molecule has 192 valence electrons. The highest BCUT2D eigenvalue weighted by Gasteiger charge is 2.22. The molecular formula is C29H24Cl2N4O3. The molecule has 3 aromatic carbocycles. The molecule has 1 aromatic heterocycles. The van der Waals surface area contributed by atoms with E-state index >= 15 is 0 Å². The average molecular weight is 547 g/mol. The number of benzene rings is 3. The highest BCUT2D eigenvalue weighted by atomic mass is 35.5. The fraction of sp³-hybridized carbons (Fsp3) is 0.103. The van der Waals surface area contributed by atoms with E-state index in [0.29, 0.717) is 12.5 Å². The van der Waals surface area contributed by atoms with E-state index in [2.05, 4.69) is 15.3 Å². The first-order chi connectivity index (χ1) is 18.4. The topological polar surface area (TPSA) is 95.4 Å². The maximum Gasteiger partial charge on any atom is 0.326 e. The lowest BCUT2D eigenvalue weighted by atomic mass is 10.1. The van der Waals surface area contributed by atoms with E-state index in [9.17, 15) is 14.7 Å². The maximum absolute atomic E-state index is 12.6. The van der Waals surface area contributed by atoms with Gasteiger partial charge in [0, 0.05) is 18.1 Å². The summed E-state index contributed by atoms with van der Waals surface area (Å²) in [5, 5.41) is 12.4. The summed E-state index contributed by atoms with van der Waals surface area (Å²) < 4.78 is 0. The molecule has 0 saturated heterocycles. The number of carboxylic acids is 1. The molecule has 0 radical (unpaired) electrons. The van der Waals surface area contributed by atoms with Gasteiger partial charge in [0.15, 0.2) is 0 Å². The average Bonchev–Trinajstić information content (AvgIpc) is 2.92. The molecule has 1 unspecified atom stereocenters. The molecule has 0 bridgehead atoms. The minimum Gasteiger partial charge on any atom is -0.480 e. The number of carboxylic acid groups (broad SMARTS) is 1. The zero-order chi connectivity index (χ0) is 26.9. The lowest BCUT2D eigenvalue weighted by Gasteiger charge is -2.23. The van der Waals surface area contributed by atoms with Gasteiger partial charge >= 0.3 is 5.97 Å². The summed E-state index contributed by atoms with van der Waals surface area (Å²) in [6, 6.07) is 23.1. The summed E-state index contributed by atoms with van der Waals surface area (Å²) in [4.78, 5) is 35.2. The summed E-state index contributed by atoms with van der Waals surface area (Å²) in [6.07, 6.45) is 6.98. The lowest BCUT2D eigenvalue weighted by Crippen LogP contribution is -2.40. The molecule has 0 spiro atoms. The third-order valence-corrected chi connectivity index (χ3v) is 6.29. The van der Waals surface area contributed by atoms with Crippen molar-refractivity contribution in [3.8, 4) is 0 Å². The highest BCUT2D eigenvalue weighted by molar-refractivity contribution is 6.39. The van der Waals surface area contributed by atoms with E-state index in [-0.39, 0.29) is 22.0 Å². The molecule has 38 heavy (non-hydrogen) atoms. The van der Waals surface area contributed by atoms with Crippen LogP contribution >= 0.6 is 23.2 Å². The summed E-state index contributed by atoms with van der Waals surface area (Å²) in [6.45, 7) is 0.593. The van der Waals surface area contributed by atoms with Crippen LogP contribution in [0, 0.1) is 0 Å². The van der Waals surface area contributed by atoms with E-state index < -0.39 is 17.9 Å². The van der Waals surface area contributed by atoms with Crippen LogP contribution in [0.4, 0.5) is 11.6 Å². The second-order valence-corrected chi connectivity index (χ2v) is 9.13. The molecule has 1 heterocycles. The Hall–Kier alpha value is -4.20. The molecule has 9 heteroatoms. The fourth-order valence-electron chi connectivity index (χ4n) is 3.75. The van der Waals surface area contributed by atoms with Crippen molar-refractivity contribution in [1.29, 1.82) is 0 Å². The van der Waals surface area contributed by atoms with Gasteiger partial charge in [-0.1, -0.05) is 83.9 Å². The number of nitrogens with zero attached hydrogens (tertiary/aromatic N) is 3. The van der Waals surface area contributed by atoms with Crippen LogP contribution in [-0.2, 0) is 11.3 Å². The first-order valence-corrected chi connectivity index (χ1v) is 12.5. The molecule has 4 rings (SSSR count). The van der Waals surface area contributed by atoms with Gasteiger partial charge in [-0.05, 0) is 47.9 Å². The number of carbonyl (C=O) groups is 2. The molecule has 2 N–H and O–H groups in total. The Balaban J connectivity index is 1.45. The molecular weight excluding hydrogens is 523 g/mol. The Morgan fingerprint density at radius 3 is 2.18 bits per heavy atom. The van der Waals surface area contributed by atoms with Crippen molar-refractivity contribution in [2.45, 2.75) is 19.0 Å². The zero-order valence-corrected chi connectivity index (χ0v) is 21.7. The molecule has 1 atom stereocenters. The largest absolute Gasteiger partial charge is 0.480 e. The van der Waals surface area contributed by atoms with Crippen LogP contribution in [0.3, 0.4) is 0 Å². The number of aliphatic carboxylic acids is 1. The molecule has 7 nitrogen and oxygen atoms in total. The van der Waals surface area contributed by atoms with Crippen molar-refractivity contribution in [3.05, 3.63) is 124 Å². The van der Waals surface area contributed by atoms with Crippen molar-refractivity contribution < 1.29 is 14.7 Å². The quantitative estimate of drug-likeness (QED) is 0.238. The number of hydrogen-bond donors (Lipinski definition) is 2. The van der Waals surface area contributed by atoms with Gasteiger partial charge in [-0.25, -0.2) is 14.8 Å². The van der Waals surface area contributed by atoms with Crippen LogP contribution in [-0.4, -0.2) is 33.0 Å². The van der Waals surface area contributed by atoms with Gasteiger partial charge in [-0.3, -0.25) is 4.79 Å². The van der Waals surface area contributed by atoms with E-state index in [4.69, 9.17) is 23.2 Å². The standard InChI is InChI=1S/C29H24Cl2N4O3/c30-23-10-5-11-24(31)26(23)27(36)34-25(28(37)38)12-4-9-20-13-15-22(16-14-20)35(29-32-17-6-18-33-29)19-21-7-2-1-3-8-21/h1-11,13-18,25H,12,19H2,(H,34,36)(H,37,38)/b9-4+. The molecule has 1 amide bonds. The number of anilines is 2. The van der Waals surface area contributed by atoms with Crippen molar-refractivity contribution in [3.63, 3.8) is 0 Å². The van der Waals surface area contributed by atoms with Crippen molar-refractivity contribution in [2.75, 3.05) is 4.90 Å². The first kappa shape index (κ1) is 26.9. The second-order valence-electron chi connectivity index (χ2n) is 8.31. The van der Waals surface area contributed by atoms with Crippen LogP contribution in [0.15, 0.2) is 97.3 Å². The monoisotopic (exact) mass is 546 g/mol. The third-order valence-electron chi connectivity index (χ3n) is 5.66.